The van der Waals surface area contributed by atoms with E-state index in [1.54, 1.807) is 18.9 Å². The Kier molecular flexibility index (Phi) is 6.56. The molecule has 1 atom stereocenters. The summed E-state index contributed by atoms with van der Waals surface area (Å²) < 4.78 is 24.3. The van der Waals surface area contributed by atoms with Crippen molar-refractivity contribution in [2.45, 2.75) is 13.0 Å². The minimum absolute atomic E-state index is 0.0167. The third kappa shape index (κ3) is 4.91. The lowest BCUT2D eigenvalue weighted by Gasteiger charge is -2.29. The Hall–Kier alpha value is -1.67. The van der Waals surface area contributed by atoms with Gasteiger partial charge in [0.15, 0.2) is 6.10 Å². The fourth-order valence-electron chi connectivity index (χ4n) is 2.32. The van der Waals surface area contributed by atoms with Crippen LogP contribution in [0.15, 0.2) is 22.7 Å². The minimum atomic E-state index is -0.797. The smallest absolute Gasteiger partial charge is 0.263 e. The molecule has 1 heterocycles. The molecule has 1 fully saturated rings. The van der Waals surface area contributed by atoms with Crippen LogP contribution in [0.4, 0.5) is 4.39 Å². The van der Waals surface area contributed by atoms with Crippen LogP contribution < -0.4 is 4.74 Å². The molecular formula is C16H20BrFN2O4. The number of likely N-dealkylation sites (N-methyl/N-ethyl adjacent to an activating group) is 1. The van der Waals surface area contributed by atoms with Gasteiger partial charge >= 0.3 is 0 Å². The number of carbonyl (C=O) groups is 2. The molecule has 1 aliphatic heterocycles. The molecule has 0 aromatic heterocycles. The predicted octanol–water partition coefficient (Wildman–Crippen LogP) is 1.67. The van der Waals surface area contributed by atoms with Crippen LogP contribution in [0.5, 0.6) is 5.75 Å². The fourth-order valence-corrected chi connectivity index (χ4v) is 2.76. The zero-order chi connectivity index (χ0) is 17.7. The Balaban J connectivity index is 1.90. The molecule has 1 saturated heterocycles. The molecule has 0 radical (unpaired) electrons. The first-order chi connectivity index (χ1) is 11.4. The molecular weight excluding hydrogens is 383 g/mol. The van der Waals surface area contributed by atoms with Gasteiger partial charge in [0.25, 0.3) is 5.91 Å². The molecule has 24 heavy (non-hydrogen) atoms. The van der Waals surface area contributed by atoms with E-state index in [1.165, 1.54) is 23.1 Å². The maximum Gasteiger partial charge on any atom is 0.263 e. The summed E-state index contributed by atoms with van der Waals surface area (Å²) in [4.78, 5) is 27.5. The van der Waals surface area contributed by atoms with Crippen molar-refractivity contribution < 1.29 is 23.5 Å². The number of carbonyl (C=O) groups excluding carboxylic acids is 2. The highest BCUT2D eigenvalue weighted by atomic mass is 79.9. The largest absolute Gasteiger partial charge is 0.480 e. The number of nitrogens with zero attached hydrogens (tertiary/aromatic N) is 2. The van der Waals surface area contributed by atoms with Crippen molar-refractivity contribution in [3.8, 4) is 5.75 Å². The Labute approximate surface area is 148 Å². The summed E-state index contributed by atoms with van der Waals surface area (Å²) in [6, 6.07) is 3.96. The van der Waals surface area contributed by atoms with Crippen LogP contribution in [0.25, 0.3) is 0 Å². The summed E-state index contributed by atoms with van der Waals surface area (Å²) in [5.41, 5.74) is 0. The van der Waals surface area contributed by atoms with Crippen LogP contribution in [0.1, 0.15) is 6.92 Å². The molecule has 0 unspecified atom stereocenters. The van der Waals surface area contributed by atoms with Gasteiger partial charge in [-0.1, -0.05) is 0 Å². The summed E-state index contributed by atoms with van der Waals surface area (Å²) in [6.07, 6.45) is -0.797. The highest BCUT2D eigenvalue weighted by Crippen LogP contribution is 2.26. The van der Waals surface area contributed by atoms with Gasteiger partial charge in [-0.15, -0.1) is 0 Å². The highest BCUT2D eigenvalue weighted by molar-refractivity contribution is 9.10. The van der Waals surface area contributed by atoms with Crippen molar-refractivity contribution in [1.82, 2.24) is 9.80 Å². The van der Waals surface area contributed by atoms with E-state index in [1.807, 2.05) is 0 Å². The van der Waals surface area contributed by atoms with Gasteiger partial charge in [-0.05, 0) is 41.1 Å². The van der Waals surface area contributed by atoms with E-state index in [0.717, 1.165) is 0 Å². The monoisotopic (exact) mass is 402 g/mol. The first-order valence-electron chi connectivity index (χ1n) is 7.60. The molecule has 132 valence electrons. The lowest BCUT2D eigenvalue weighted by atomic mass is 10.3. The lowest BCUT2D eigenvalue weighted by molar-refractivity contribution is -0.144. The average molecular weight is 403 g/mol. The average Bonchev–Trinajstić information content (AvgIpc) is 2.57. The zero-order valence-electron chi connectivity index (χ0n) is 13.6. The second-order valence-corrected chi connectivity index (χ2v) is 6.38. The Morgan fingerprint density at radius 3 is 2.71 bits per heavy atom. The number of morpholine rings is 1. The first-order valence-corrected chi connectivity index (χ1v) is 8.40. The first kappa shape index (κ1) is 18.7. The van der Waals surface area contributed by atoms with Crippen LogP contribution in [-0.2, 0) is 14.3 Å². The van der Waals surface area contributed by atoms with Crippen molar-refractivity contribution in [2.75, 3.05) is 39.9 Å². The molecule has 8 heteroatoms. The molecule has 0 aliphatic carbocycles. The number of hydrogen-bond donors (Lipinski definition) is 0. The Morgan fingerprint density at radius 2 is 2.08 bits per heavy atom. The van der Waals surface area contributed by atoms with Crippen LogP contribution in [0, 0.1) is 5.82 Å². The molecule has 2 rings (SSSR count). The lowest BCUT2D eigenvalue weighted by Crippen LogP contribution is -2.48. The summed E-state index contributed by atoms with van der Waals surface area (Å²) in [7, 11) is 1.56. The molecule has 1 aliphatic rings. The highest BCUT2D eigenvalue weighted by Gasteiger charge is 2.24. The van der Waals surface area contributed by atoms with Crippen molar-refractivity contribution in [1.29, 1.82) is 0 Å². The molecule has 0 spiro atoms. The second kappa shape index (κ2) is 8.43. The van der Waals surface area contributed by atoms with E-state index in [4.69, 9.17) is 9.47 Å². The van der Waals surface area contributed by atoms with Gasteiger partial charge in [0, 0.05) is 20.1 Å². The number of rotatable bonds is 5. The maximum absolute atomic E-state index is 13.1. The van der Waals surface area contributed by atoms with Gasteiger partial charge < -0.3 is 19.3 Å². The van der Waals surface area contributed by atoms with Crippen LogP contribution in [0.2, 0.25) is 0 Å². The van der Waals surface area contributed by atoms with Crippen LogP contribution in [0.3, 0.4) is 0 Å². The van der Waals surface area contributed by atoms with Crippen LogP contribution in [-0.4, -0.2) is 67.6 Å². The van der Waals surface area contributed by atoms with Crippen molar-refractivity contribution in [3.05, 3.63) is 28.5 Å². The van der Waals surface area contributed by atoms with Crippen molar-refractivity contribution in [3.63, 3.8) is 0 Å². The van der Waals surface area contributed by atoms with Gasteiger partial charge in [0.05, 0.1) is 24.2 Å². The summed E-state index contributed by atoms with van der Waals surface area (Å²) in [5, 5.41) is 0. The number of benzene rings is 1. The fraction of sp³-hybridized carbons (Fsp3) is 0.500. The topological polar surface area (TPSA) is 59.1 Å². The van der Waals surface area contributed by atoms with Gasteiger partial charge in [-0.2, -0.15) is 0 Å². The minimum Gasteiger partial charge on any atom is -0.480 e. The number of amides is 2. The van der Waals surface area contributed by atoms with Crippen molar-refractivity contribution >= 4 is 27.7 Å². The molecule has 1 aromatic rings. The normalized spacial score (nSPS) is 15.8. The Bertz CT molecular complexity index is 608. The molecule has 0 N–H and O–H groups in total. The van der Waals surface area contributed by atoms with E-state index in [9.17, 15) is 14.0 Å². The Morgan fingerprint density at radius 1 is 1.42 bits per heavy atom. The number of hydrogen-bond acceptors (Lipinski definition) is 4. The predicted molar refractivity (Wildman–Crippen MR) is 89.2 cm³/mol. The van der Waals surface area contributed by atoms with Gasteiger partial charge in [0.2, 0.25) is 5.91 Å². The summed E-state index contributed by atoms with van der Waals surface area (Å²) >= 11 is 3.19. The summed E-state index contributed by atoms with van der Waals surface area (Å²) in [5.74, 6) is -0.483. The SMILES string of the molecule is C[C@@H](Oc1ccc(F)cc1Br)C(=O)N(C)CC(=O)N1CCOCC1. The van der Waals surface area contributed by atoms with Gasteiger partial charge in [-0.3, -0.25) is 9.59 Å². The van der Waals surface area contributed by atoms with E-state index >= 15 is 0 Å². The van der Waals surface area contributed by atoms with E-state index < -0.39 is 11.9 Å². The maximum atomic E-state index is 13.1. The molecule has 0 saturated carbocycles. The van der Waals surface area contributed by atoms with E-state index in [-0.39, 0.29) is 18.4 Å². The van der Waals surface area contributed by atoms with Crippen molar-refractivity contribution in [2.24, 2.45) is 0 Å². The number of halogens is 2. The quantitative estimate of drug-likeness (QED) is 0.751. The second-order valence-electron chi connectivity index (χ2n) is 5.52. The third-order valence-corrected chi connectivity index (χ3v) is 4.28. The molecule has 1 aromatic carbocycles. The van der Waals surface area contributed by atoms with Gasteiger partial charge in [0.1, 0.15) is 11.6 Å². The number of ether oxygens (including phenoxy) is 2. The molecule has 6 nitrogen and oxygen atoms in total. The van der Waals surface area contributed by atoms with E-state index in [2.05, 4.69) is 15.9 Å². The standard InChI is InChI=1S/C16H20BrFN2O4/c1-11(24-14-4-3-12(18)9-13(14)17)16(22)19(2)10-15(21)20-5-7-23-8-6-20/h3-4,9,11H,5-8,10H2,1-2H3/t11-/m1/s1. The van der Waals surface area contributed by atoms with Gasteiger partial charge in [-0.25, -0.2) is 4.39 Å². The zero-order valence-corrected chi connectivity index (χ0v) is 15.2. The van der Waals surface area contributed by atoms with E-state index in [0.29, 0.717) is 36.5 Å². The molecule has 2 amide bonds. The molecule has 0 bridgehead atoms. The van der Waals surface area contributed by atoms with Crippen LogP contribution >= 0.6 is 15.9 Å². The third-order valence-electron chi connectivity index (χ3n) is 3.66. The summed E-state index contributed by atoms with van der Waals surface area (Å²) in [6.45, 7) is 3.68.